The van der Waals surface area contributed by atoms with E-state index in [1.54, 1.807) is 11.6 Å². The smallest absolute Gasteiger partial charge is 0.234 e. The second kappa shape index (κ2) is 10.3. The van der Waals surface area contributed by atoms with Crippen LogP contribution in [0.5, 0.6) is 0 Å². The van der Waals surface area contributed by atoms with E-state index in [-0.39, 0.29) is 24.0 Å². The highest BCUT2D eigenvalue weighted by Crippen LogP contribution is 2.21. The minimum absolute atomic E-state index is 0.108. The standard InChI is InChI=1S/C23H27N5O2S/c1-5-17-11-6-7-12-18(17)24-20(29)13-19-26-27-23(28(19)4)31-14-21(30)25-22-15(2)9-8-10-16(22)3/h6-12H,5,13-14H2,1-4H3,(H,24,29)(H,25,30). The summed E-state index contributed by atoms with van der Waals surface area (Å²) >= 11 is 1.29. The van der Waals surface area contributed by atoms with E-state index in [0.29, 0.717) is 11.0 Å². The molecule has 2 N–H and O–H groups in total. The molecular weight excluding hydrogens is 410 g/mol. The van der Waals surface area contributed by atoms with Crippen LogP contribution in [0.3, 0.4) is 0 Å². The fraction of sp³-hybridized carbons (Fsp3) is 0.304. The summed E-state index contributed by atoms with van der Waals surface area (Å²) in [6.45, 7) is 5.98. The zero-order chi connectivity index (χ0) is 22.4. The Bertz CT molecular complexity index is 1070. The molecule has 1 aromatic heterocycles. The lowest BCUT2D eigenvalue weighted by molar-refractivity contribution is -0.116. The van der Waals surface area contributed by atoms with Gasteiger partial charge in [0.1, 0.15) is 5.82 Å². The molecule has 1 heterocycles. The molecule has 0 fully saturated rings. The van der Waals surface area contributed by atoms with Crippen molar-refractivity contribution in [1.82, 2.24) is 14.8 Å². The third-order valence-electron chi connectivity index (χ3n) is 4.99. The average Bonchev–Trinajstić information content (AvgIpc) is 3.09. The van der Waals surface area contributed by atoms with E-state index in [0.717, 1.165) is 34.5 Å². The van der Waals surface area contributed by atoms with Gasteiger partial charge in [0, 0.05) is 18.4 Å². The summed E-state index contributed by atoms with van der Waals surface area (Å²) in [6.07, 6.45) is 0.946. The normalized spacial score (nSPS) is 10.7. The summed E-state index contributed by atoms with van der Waals surface area (Å²) < 4.78 is 1.75. The molecule has 0 saturated heterocycles. The Hall–Kier alpha value is -3.13. The van der Waals surface area contributed by atoms with Crippen molar-refractivity contribution in [3.8, 4) is 0 Å². The zero-order valence-electron chi connectivity index (χ0n) is 18.2. The largest absolute Gasteiger partial charge is 0.325 e. The lowest BCUT2D eigenvalue weighted by atomic mass is 10.1. The first-order chi connectivity index (χ1) is 14.9. The molecule has 162 valence electrons. The third-order valence-corrected chi connectivity index (χ3v) is 6.01. The summed E-state index contributed by atoms with van der Waals surface area (Å²) in [5.74, 6) is 0.487. The molecule has 0 aliphatic heterocycles. The van der Waals surface area contributed by atoms with Crippen molar-refractivity contribution in [2.75, 3.05) is 16.4 Å². The lowest BCUT2D eigenvalue weighted by Crippen LogP contribution is -2.18. The minimum Gasteiger partial charge on any atom is -0.325 e. The Balaban J connectivity index is 1.57. The first kappa shape index (κ1) is 22.6. The van der Waals surface area contributed by atoms with Gasteiger partial charge < -0.3 is 15.2 Å². The number of nitrogens with zero attached hydrogens (tertiary/aromatic N) is 3. The van der Waals surface area contributed by atoms with Crippen molar-refractivity contribution in [3.63, 3.8) is 0 Å². The fourth-order valence-electron chi connectivity index (χ4n) is 3.23. The summed E-state index contributed by atoms with van der Waals surface area (Å²) in [4.78, 5) is 24.9. The van der Waals surface area contributed by atoms with Crippen molar-refractivity contribution in [1.29, 1.82) is 0 Å². The lowest BCUT2D eigenvalue weighted by Gasteiger charge is -2.11. The Labute approximate surface area is 186 Å². The second-order valence-corrected chi connectivity index (χ2v) is 8.24. The number of hydrogen-bond donors (Lipinski definition) is 2. The molecule has 0 unspecified atom stereocenters. The van der Waals surface area contributed by atoms with E-state index in [4.69, 9.17) is 0 Å². The van der Waals surface area contributed by atoms with Crippen LogP contribution in [0.15, 0.2) is 47.6 Å². The van der Waals surface area contributed by atoms with Crippen LogP contribution in [0.25, 0.3) is 0 Å². The topological polar surface area (TPSA) is 88.9 Å². The number of para-hydroxylation sites is 2. The summed E-state index contributed by atoms with van der Waals surface area (Å²) in [6, 6.07) is 13.6. The highest BCUT2D eigenvalue weighted by molar-refractivity contribution is 7.99. The van der Waals surface area contributed by atoms with Crippen LogP contribution < -0.4 is 10.6 Å². The maximum Gasteiger partial charge on any atom is 0.234 e. The number of thioether (sulfide) groups is 1. The van der Waals surface area contributed by atoms with Crippen molar-refractivity contribution in [3.05, 3.63) is 65.0 Å². The fourth-order valence-corrected chi connectivity index (χ4v) is 3.96. The molecule has 2 amide bonds. The molecule has 0 radical (unpaired) electrons. The molecule has 7 nitrogen and oxygen atoms in total. The van der Waals surface area contributed by atoms with E-state index >= 15 is 0 Å². The van der Waals surface area contributed by atoms with Crippen LogP contribution in [0.4, 0.5) is 11.4 Å². The van der Waals surface area contributed by atoms with Gasteiger partial charge in [-0.25, -0.2) is 0 Å². The molecule has 2 aromatic carbocycles. The summed E-state index contributed by atoms with van der Waals surface area (Å²) in [7, 11) is 1.80. The highest BCUT2D eigenvalue weighted by Gasteiger charge is 2.16. The van der Waals surface area contributed by atoms with Gasteiger partial charge in [0.05, 0.1) is 12.2 Å². The van der Waals surface area contributed by atoms with Crippen molar-refractivity contribution in [2.24, 2.45) is 7.05 Å². The van der Waals surface area contributed by atoms with Gasteiger partial charge in [0.15, 0.2) is 5.16 Å². The quantitative estimate of drug-likeness (QED) is 0.522. The van der Waals surface area contributed by atoms with Crippen LogP contribution in [0, 0.1) is 13.8 Å². The Kier molecular flexibility index (Phi) is 7.46. The molecule has 0 spiro atoms. The molecule has 31 heavy (non-hydrogen) atoms. The van der Waals surface area contributed by atoms with Crippen LogP contribution in [0.1, 0.15) is 29.4 Å². The van der Waals surface area contributed by atoms with Crippen LogP contribution in [0.2, 0.25) is 0 Å². The van der Waals surface area contributed by atoms with Crippen molar-refractivity contribution < 1.29 is 9.59 Å². The summed E-state index contributed by atoms with van der Waals surface area (Å²) in [5, 5.41) is 14.8. The molecule has 0 bridgehead atoms. The van der Waals surface area contributed by atoms with Gasteiger partial charge >= 0.3 is 0 Å². The minimum atomic E-state index is -0.152. The van der Waals surface area contributed by atoms with E-state index < -0.39 is 0 Å². The number of benzene rings is 2. The molecule has 3 rings (SSSR count). The predicted molar refractivity (Wildman–Crippen MR) is 124 cm³/mol. The number of anilines is 2. The van der Waals surface area contributed by atoms with Gasteiger partial charge in [-0.05, 0) is 43.0 Å². The zero-order valence-corrected chi connectivity index (χ0v) is 19.0. The SMILES string of the molecule is CCc1ccccc1NC(=O)Cc1nnc(SCC(=O)Nc2c(C)cccc2C)n1C. The van der Waals surface area contributed by atoms with E-state index in [2.05, 4.69) is 20.8 Å². The van der Waals surface area contributed by atoms with Gasteiger partial charge in [0.25, 0.3) is 0 Å². The number of amides is 2. The number of nitrogens with one attached hydrogen (secondary N) is 2. The average molecular weight is 438 g/mol. The maximum atomic E-state index is 12.5. The van der Waals surface area contributed by atoms with Gasteiger partial charge in [-0.1, -0.05) is 55.1 Å². The van der Waals surface area contributed by atoms with Crippen molar-refractivity contribution in [2.45, 2.75) is 38.8 Å². The van der Waals surface area contributed by atoms with E-state index in [1.807, 2.05) is 63.2 Å². The summed E-state index contributed by atoms with van der Waals surface area (Å²) in [5.41, 5.74) is 4.79. The van der Waals surface area contributed by atoms with Crippen LogP contribution in [-0.4, -0.2) is 32.3 Å². The number of carbonyl (C=O) groups excluding carboxylic acids is 2. The predicted octanol–water partition coefficient (Wildman–Crippen LogP) is 3.91. The molecule has 0 aliphatic carbocycles. The molecule has 8 heteroatoms. The molecule has 0 saturated carbocycles. The Morgan fingerprint density at radius 2 is 1.68 bits per heavy atom. The van der Waals surface area contributed by atoms with E-state index in [1.165, 1.54) is 11.8 Å². The first-order valence-electron chi connectivity index (χ1n) is 10.1. The number of aromatic nitrogens is 3. The molecule has 3 aromatic rings. The molecule has 0 atom stereocenters. The first-order valence-corrected chi connectivity index (χ1v) is 11.1. The van der Waals surface area contributed by atoms with Gasteiger partial charge in [-0.3, -0.25) is 9.59 Å². The second-order valence-electron chi connectivity index (χ2n) is 7.30. The monoisotopic (exact) mass is 437 g/mol. The van der Waals surface area contributed by atoms with Gasteiger partial charge in [0.2, 0.25) is 11.8 Å². The highest BCUT2D eigenvalue weighted by atomic mass is 32.2. The molecule has 0 aliphatic rings. The van der Waals surface area contributed by atoms with Crippen LogP contribution in [-0.2, 0) is 29.5 Å². The molecular formula is C23H27N5O2S. The Morgan fingerprint density at radius 3 is 2.39 bits per heavy atom. The number of carbonyl (C=O) groups is 2. The van der Waals surface area contributed by atoms with Crippen LogP contribution >= 0.6 is 11.8 Å². The van der Waals surface area contributed by atoms with Gasteiger partial charge in [-0.15, -0.1) is 10.2 Å². The van der Waals surface area contributed by atoms with Gasteiger partial charge in [-0.2, -0.15) is 0 Å². The number of rotatable bonds is 8. The Morgan fingerprint density at radius 1 is 0.968 bits per heavy atom. The number of aryl methyl sites for hydroxylation is 3. The maximum absolute atomic E-state index is 12.5. The van der Waals surface area contributed by atoms with Crippen molar-refractivity contribution >= 4 is 35.0 Å². The number of hydrogen-bond acceptors (Lipinski definition) is 5. The van der Waals surface area contributed by atoms with E-state index in [9.17, 15) is 9.59 Å². The third kappa shape index (κ3) is 5.73.